The van der Waals surface area contributed by atoms with Crippen molar-refractivity contribution in [3.8, 4) is 5.75 Å². The Hall–Kier alpha value is -0.181. The summed E-state index contributed by atoms with van der Waals surface area (Å²) in [7, 11) is 1.71. The van der Waals surface area contributed by atoms with E-state index in [1.54, 1.807) is 7.11 Å². The summed E-state index contributed by atoms with van der Waals surface area (Å²) in [6.07, 6.45) is 0. The topological polar surface area (TPSA) is 9.23 Å². The van der Waals surface area contributed by atoms with E-state index in [-0.39, 0.29) is 0 Å². The molecule has 13 heavy (non-hydrogen) atoms. The summed E-state index contributed by atoms with van der Waals surface area (Å²) >= 11 is -1.64. The van der Waals surface area contributed by atoms with Gasteiger partial charge in [0.05, 0.1) is 0 Å². The zero-order valence-electron chi connectivity index (χ0n) is 8.92. The third-order valence-electron chi connectivity index (χ3n) is 1.89. The third kappa shape index (κ3) is 4.03. The molecule has 72 valence electrons. The molecule has 0 radical (unpaired) electrons. The van der Waals surface area contributed by atoms with Crippen LogP contribution in [0.15, 0.2) is 24.3 Å². The van der Waals surface area contributed by atoms with Crippen molar-refractivity contribution in [2.45, 2.75) is 19.3 Å². The van der Waals surface area contributed by atoms with Gasteiger partial charge in [0.15, 0.2) is 0 Å². The summed E-state index contributed by atoms with van der Waals surface area (Å²) in [6.45, 7) is 0. The van der Waals surface area contributed by atoms with E-state index in [2.05, 4.69) is 27.0 Å². The van der Waals surface area contributed by atoms with Crippen LogP contribution < -0.4 is 4.74 Å². The monoisotopic (exact) mass is 286 g/mol. The molecule has 0 saturated heterocycles. The van der Waals surface area contributed by atoms with E-state index in [9.17, 15) is 0 Å². The minimum absolute atomic E-state index is 0.952. The van der Waals surface area contributed by atoms with Gasteiger partial charge in [0, 0.05) is 0 Å². The Morgan fingerprint density at radius 3 is 2.00 bits per heavy atom. The van der Waals surface area contributed by atoms with Gasteiger partial charge in [0.25, 0.3) is 0 Å². The fourth-order valence-electron chi connectivity index (χ4n) is 1.36. The molecule has 0 saturated carbocycles. The molecule has 0 aliphatic carbocycles. The van der Waals surface area contributed by atoms with E-state index in [1.807, 2.05) is 12.1 Å². The van der Waals surface area contributed by atoms with Crippen molar-refractivity contribution in [1.82, 2.24) is 0 Å². The normalized spacial score (nSPS) is 11.4. The van der Waals surface area contributed by atoms with E-state index < -0.39 is 18.4 Å². The van der Waals surface area contributed by atoms with Crippen LogP contribution in [0.3, 0.4) is 0 Å². The Morgan fingerprint density at radius 1 is 1.08 bits per heavy atom. The van der Waals surface area contributed by atoms with E-state index >= 15 is 0 Å². The van der Waals surface area contributed by atoms with Crippen molar-refractivity contribution in [2.24, 2.45) is 0 Å². The quantitative estimate of drug-likeness (QED) is 0.775. The number of hydrogen-bond acceptors (Lipinski definition) is 1. The van der Waals surface area contributed by atoms with Gasteiger partial charge < -0.3 is 0 Å². The van der Waals surface area contributed by atoms with Gasteiger partial charge in [-0.2, -0.15) is 0 Å². The van der Waals surface area contributed by atoms with E-state index in [4.69, 9.17) is 4.74 Å². The van der Waals surface area contributed by atoms with Gasteiger partial charge in [-0.25, -0.2) is 0 Å². The molecule has 0 bridgehead atoms. The van der Waals surface area contributed by atoms with Crippen LogP contribution in [0.25, 0.3) is 0 Å². The second-order valence-corrected chi connectivity index (χ2v) is 20.2. The number of rotatable bonds is 3. The predicted molar refractivity (Wildman–Crippen MR) is 60.0 cm³/mol. The van der Waals surface area contributed by atoms with Crippen LogP contribution in [0.5, 0.6) is 5.75 Å². The molecule has 0 heterocycles. The maximum atomic E-state index is 5.12. The molecule has 0 aromatic heterocycles. The molecule has 0 spiro atoms. The van der Waals surface area contributed by atoms with Gasteiger partial charge in [-0.3, -0.25) is 0 Å². The van der Waals surface area contributed by atoms with Crippen LogP contribution in [0.1, 0.15) is 5.56 Å². The van der Waals surface area contributed by atoms with Gasteiger partial charge in [-0.1, -0.05) is 0 Å². The first-order valence-electron chi connectivity index (χ1n) is 4.64. The molecule has 0 atom stereocenters. The summed E-state index contributed by atoms with van der Waals surface area (Å²) in [5, 5.41) is 0. The molecule has 2 heteroatoms. The Balaban J connectivity index is 2.70. The summed E-state index contributed by atoms with van der Waals surface area (Å²) in [5.41, 5.74) is 1.46. The second-order valence-electron chi connectivity index (χ2n) is 4.59. The van der Waals surface area contributed by atoms with Crippen molar-refractivity contribution in [3.63, 3.8) is 0 Å². The van der Waals surface area contributed by atoms with E-state index in [0.29, 0.717) is 0 Å². The number of hydrogen-bond donors (Lipinski definition) is 0. The standard InChI is InChI=1S/C8H9O.3CH3.Sn/c1-7-3-5-8(9-2)6-4-7;;;;/h3-6H,1H2,2H3;3*1H3;. The Labute approximate surface area is 85.0 Å². The first-order chi connectivity index (χ1) is 6.01. The minimum atomic E-state index is -1.64. The van der Waals surface area contributed by atoms with Crippen molar-refractivity contribution < 1.29 is 4.74 Å². The molecule has 1 aromatic rings. The maximum absolute atomic E-state index is 5.12. The van der Waals surface area contributed by atoms with E-state index in [1.165, 1.54) is 10.0 Å². The number of methoxy groups -OCH3 is 1. The summed E-state index contributed by atoms with van der Waals surface area (Å²) in [4.78, 5) is 7.37. The van der Waals surface area contributed by atoms with Crippen LogP contribution in [-0.4, -0.2) is 25.5 Å². The molecule has 0 N–H and O–H groups in total. The van der Waals surface area contributed by atoms with Crippen molar-refractivity contribution in [3.05, 3.63) is 29.8 Å². The van der Waals surface area contributed by atoms with Crippen LogP contribution in [-0.2, 0) is 4.44 Å². The van der Waals surface area contributed by atoms with Crippen molar-refractivity contribution >= 4 is 18.4 Å². The van der Waals surface area contributed by atoms with Gasteiger partial charge in [0.2, 0.25) is 0 Å². The first kappa shape index (κ1) is 10.9. The van der Waals surface area contributed by atoms with Crippen molar-refractivity contribution in [2.75, 3.05) is 7.11 Å². The van der Waals surface area contributed by atoms with Gasteiger partial charge in [0.1, 0.15) is 0 Å². The molecule has 0 aliphatic rings. The average molecular weight is 285 g/mol. The SMILES string of the molecule is COc1ccc([CH2][Sn]([CH3])([CH3])[CH3])cc1. The fraction of sp³-hybridized carbons (Fsp3) is 0.455. The first-order valence-corrected chi connectivity index (χ1v) is 15.2. The molecule has 0 fully saturated rings. The van der Waals surface area contributed by atoms with Crippen LogP contribution in [0.4, 0.5) is 0 Å². The van der Waals surface area contributed by atoms with Crippen LogP contribution >= 0.6 is 0 Å². The zero-order chi connectivity index (χ0) is 9.90. The van der Waals surface area contributed by atoms with Gasteiger partial charge >= 0.3 is 85.1 Å². The molecule has 0 amide bonds. The molecule has 1 rings (SSSR count). The number of benzene rings is 1. The van der Waals surface area contributed by atoms with Crippen LogP contribution in [0, 0.1) is 0 Å². The molecular formula is C11H18OSn. The van der Waals surface area contributed by atoms with Crippen molar-refractivity contribution in [1.29, 1.82) is 0 Å². The second kappa shape index (κ2) is 4.36. The van der Waals surface area contributed by atoms with Gasteiger partial charge in [-0.15, -0.1) is 0 Å². The molecule has 0 unspecified atom stereocenters. The van der Waals surface area contributed by atoms with E-state index in [0.717, 1.165) is 5.75 Å². The predicted octanol–water partition coefficient (Wildman–Crippen LogP) is 3.12. The van der Waals surface area contributed by atoms with Crippen LogP contribution in [0.2, 0.25) is 14.8 Å². The fourth-order valence-corrected chi connectivity index (χ4v) is 5.52. The average Bonchev–Trinajstić information content (AvgIpc) is 2.03. The molecule has 1 aromatic carbocycles. The zero-order valence-corrected chi connectivity index (χ0v) is 11.8. The molecule has 1 nitrogen and oxygen atoms in total. The number of ether oxygens (including phenoxy) is 1. The third-order valence-corrected chi connectivity index (χ3v) is 6.09. The van der Waals surface area contributed by atoms with Gasteiger partial charge in [-0.05, 0) is 0 Å². The Morgan fingerprint density at radius 2 is 1.62 bits per heavy atom. The Kier molecular flexibility index (Phi) is 3.65. The summed E-state index contributed by atoms with van der Waals surface area (Å²) < 4.78 is 6.43. The molecule has 0 aliphatic heterocycles. The summed E-state index contributed by atoms with van der Waals surface area (Å²) in [6, 6.07) is 8.46. The Bertz CT molecular complexity index is 258. The summed E-state index contributed by atoms with van der Waals surface area (Å²) in [5.74, 6) is 0.952. The molecular weight excluding hydrogens is 267 g/mol.